The summed E-state index contributed by atoms with van der Waals surface area (Å²) in [5, 5.41) is 2.23. The zero-order valence-corrected chi connectivity index (χ0v) is 12.7. The molecule has 0 spiro atoms. The van der Waals surface area contributed by atoms with Crippen LogP contribution in [0, 0.1) is 6.92 Å². The van der Waals surface area contributed by atoms with Gasteiger partial charge < -0.3 is 11.1 Å². The second kappa shape index (κ2) is 6.70. The Bertz CT molecular complexity index is 488. The van der Waals surface area contributed by atoms with Crippen molar-refractivity contribution in [2.24, 2.45) is 0 Å². The van der Waals surface area contributed by atoms with E-state index in [-0.39, 0.29) is 11.9 Å². The summed E-state index contributed by atoms with van der Waals surface area (Å²) in [6.07, 6.45) is 0.845. The summed E-state index contributed by atoms with van der Waals surface area (Å²) in [5.41, 5.74) is 7.30. The molecule has 1 amide bonds. The molecule has 0 saturated heterocycles. The van der Waals surface area contributed by atoms with E-state index in [0.717, 1.165) is 12.0 Å². The molecule has 1 aromatic carbocycles. The summed E-state index contributed by atoms with van der Waals surface area (Å²) in [6.45, 7) is 7.44. The lowest BCUT2D eigenvalue weighted by molar-refractivity contribution is -0.120. The third-order valence-corrected chi connectivity index (χ3v) is 4.84. The molecular formula is C14H22N2O2S. The number of benzene rings is 1. The largest absolute Gasteiger partial charge is 0.398 e. The van der Waals surface area contributed by atoms with Gasteiger partial charge in [0.2, 0.25) is 5.91 Å². The van der Waals surface area contributed by atoms with Gasteiger partial charge in [-0.25, -0.2) is 0 Å². The average Bonchev–Trinajstić information content (AvgIpc) is 2.39. The van der Waals surface area contributed by atoms with Crippen LogP contribution in [0.15, 0.2) is 23.1 Å². The average molecular weight is 282 g/mol. The van der Waals surface area contributed by atoms with Gasteiger partial charge >= 0.3 is 0 Å². The van der Waals surface area contributed by atoms with E-state index in [0.29, 0.717) is 10.6 Å². The second-order valence-corrected chi connectivity index (χ2v) is 6.49. The van der Waals surface area contributed by atoms with Crippen LogP contribution in [0.3, 0.4) is 0 Å². The highest BCUT2D eigenvalue weighted by atomic mass is 32.2. The number of nitrogens with two attached hydrogens (primary N) is 1. The van der Waals surface area contributed by atoms with Crippen molar-refractivity contribution in [3.05, 3.63) is 23.8 Å². The van der Waals surface area contributed by atoms with E-state index in [4.69, 9.17) is 5.73 Å². The molecule has 0 fully saturated rings. The Morgan fingerprint density at radius 2 is 2.05 bits per heavy atom. The quantitative estimate of drug-likeness (QED) is 0.811. The molecule has 5 heteroatoms. The lowest BCUT2D eigenvalue weighted by Crippen LogP contribution is -2.40. The Morgan fingerprint density at radius 1 is 1.42 bits per heavy atom. The number of carbonyl (C=O) groups excluding carboxylic acids is 1. The van der Waals surface area contributed by atoms with Gasteiger partial charge in [0.25, 0.3) is 0 Å². The molecule has 0 bridgehead atoms. The molecule has 0 aliphatic carbocycles. The third kappa shape index (κ3) is 3.80. The first-order valence-corrected chi connectivity index (χ1v) is 7.65. The van der Waals surface area contributed by atoms with Crippen LogP contribution in [0.4, 0.5) is 5.69 Å². The number of aryl methyl sites for hydroxylation is 1. The van der Waals surface area contributed by atoms with Crippen molar-refractivity contribution in [1.82, 2.24) is 5.32 Å². The van der Waals surface area contributed by atoms with Gasteiger partial charge in [-0.2, -0.15) is 0 Å². The molecule has 0 saturated carbocycles. The highest BCUT2D eigenvalue weighted by Crippen LogP contribution is 2.22. The fraction of sp³-hybridized carbons (Fsp3) is 0.500. The first-order chi connectivity index (χ1) is 8.88. The third-order valence-electron chi connectivity index (χ3n) is 3.19. The lowest BCUT2D eigenvalue weighted by atomic mass is 10.2. The normalized spacial score (nSPS) is 15.6. The maximum Gasteiger partial charge on any atom is 0.236 e. The number of amides is 1. The predicted molar refractivity (Wildman–Crippen MR) is 79.4 cm³/mol. The van der Waals surface area contributed by atoms with Gasteiger partial charge in [-0.3, -0.25) is 9.00 Å². The molecule has 0 aliphatic rings. The Morgan fingerprint density at radius 3 is 2.63 bits per heavy atom. The van der Waals surface area contributed by atoms with Crippen LogP contribution >= 0.6 is 0 Å². The Kier molecular flexibility index (Phi) is 5.54. The molecule has 0 heterocycles. The number of hydrogen-bond donors (Lipinski definition) is 2. The standard InChI is InChI=1S/C14H22N2O2S/c1-5-10(3)16-14(17)11(4)19(18)12-8-6-7-9(2)13(12)15/h6-8,10-11H,5,15H2,1-4H3,(H,16,17). The smallest absolute Gasteiger partial charge is 0.236 e. The Labute approximate surface area is 117 Å². The fourth-order valence-corrected chi connectivity index (χ4v) is 2.81. The Hall–Kier alpha value is -1.36. The molecule has 106 valence electrons. The molecule has 4 nitrogen and oxygen atoms in total. The van der Waals surface area contributed by atoms with Crippen LogP contribution in [0.25, 0.3) is 0 Å². The second-order valence-electron chi connectivity index (χ2n) is 4.74. The summed E-state index contributed by atoms with van der Waals surface area (Å²) in [7, 11) is -1.44. The van der Waals surface area contributed by atoms with Crippen molar-refractivity contribution in [2.75, 3.05) is 5.73 Å². The van der Waals surface area contributed by atoms with Gasteiger partial charge in [-0.15, -0.1) is 0 Å². The molecular weight excluding hydrogens is 260 g/mol. The van der Waals surface area contributed by atoms with Gasteiger partial charge in [-0.05, 0) is 38.8 Å². The van der Waals surface area contributed by atoms with E-state index in [1.54, 1.807) is 19.1 Å². The minimum Gasteiger partial charge on any atom is -0.398 e. The lowest BCUT2D eigenvalue weighted by Gasteiger charge is -2.17. The molecule has 3 unspecified atom stereocenters. The summed E-state index contributed by atoms with van der Waals surface area (Å²) in [4.78, 5) is 12.5. The van der Waals surface area contributed by atoms with Gasteiger partial charge in [0.15, 0.2) is 0 Å². The van der Waals surface area contributed by atoms with Crippen molar-refractivity contribution >= 4 is 22.4 Å². The minimum atomic E-state index is -1.44. The predicted octanol–water partition coefficient (Wildman–Crippen LogP) is 1.99. The fourth-order valence-electron chi connectivity index (χ4n) is 1.58. The number of para-hydroxylation sites is 1. The molecule has 19 heavy (non-hydrogen) atoms. The molecule has 3 N–H and O–H groups in total. The van der Waals surface area contributed by atoms with Gasteiger partial charge in [0.1, 0.15) is 5.25 Å². The van der Waals surface area contributed by atoms with Gasteiger partial charge in [-0.1, -0.05) is 19.1 Å². The van der Waals surface area contributed by atoms with Crippen LogP contribution in [-0.2, 0) is 15.6 Å². The van der Waals surface area contributed by atoms with Crippen molar-refractivity contribution in [1.29, 1.82) is 0 Å². The summed E-state index contributed by atoms with van der Waals surface area (Å²) in [6, 6.07) is 5.46. The number of anilines is 1. The van der Waals surface area contributed by atoms with Crippen LogP contribution < -0.4 is 11.1 Å². The van der Waals surface area contributed by atoms with E-state index in [1.807, 2.05) is 26.8 Å². The van der Waals surface area contributed by atoms with Crippen LogP contribution in [0.1, 0.15) is 32.8 Å². The van der Waals surface area contributed by atoms with E-state index >= 15 is 0 Å². The van der Waals surface area contributed by atoms with Crippen molar-refractivity contribution in [3.8, 4) is 0 Å². The van der Waals surface area contributed by atoms with Crippen LogP contribution in [0.5, 0.6) is 0 Å². The zero-order chi connectivity index (χ0) is 14.6. The van der Waals surface area contributed by atoms with Crippen molar-refractivity contribution in [2.45, 2.75) is 50.3 Å². The zero-order valence-electron chi connectivity index (χ0n) is 11.9. The molecule has 1 aromatic rings. The number of nitrogens with one attached hydrogen (secondary N) is 1. The molecule has 1 rings (SSSR count). The van der Waals surface area contributed by atoms with E-state index in [1.165, 1.54) is 0 Å². The first kappa shape index (κ1) is 15.7. The van der Waals surface area contributed by atoms with Crippen molar-refractivity contribution in [3.63, 3.8) is 0 Å². The summed E-state index contributed by atoms with van der Waals surface area (Å²) >= 11 is 0. The minimum absolute atomic E-state index is 0.0850. The van der Waals surface area contributed by atoms with E-state index < -0.39 is 16.0 Å². The highest BCUT2D eigenvalue weighted by Gasteiger charge is 2.24. The molecule has 0 aliphatic heterocycles. The van der Waals surface area contributed by atoms with E-state index in [2.05, 4.69) is 5.32 Å². The molecule has 3 atom stereocenters. The Balaban J connectivity index is 2.88. The van der Waals surface area contributed by atoms with Crippen LogP contribution in [-0.4, -0.2) is 21.4 Å². The van der Waals surface area contributed by atoms with Gasteiger partial charge in [0.05, 0.1) is 21.4 Å². The van der Waals surface area contributed by atoms with Crippen molar-refractivity contribution < 1.29 is 9.00 Å². The monoisotopic (exact) mass is 282 g/mol. The van der Waals surface area contributed by atoms with Gasteiger partial charge in [0, 0.05) is 6.04 Å². The number of hydrogen-bond acceptors (Lipinski definition) is 3. The maximum atomic E-state index is 12.4. The van der Waals surface area contributed by atoms with Crippen LogP contribution in [0.2, 0.25) is 0 Å². The number of nitrogen functional groups attached to an aromatic ring is 1. The topological polar surface area (TPSA) is 72.2 Å². The highest BCUT2D eigenvalue weighted by molar-refractivity contribution is 7.86. The summed E-state index contributed by atoms with van der Waals surface area (Å²) in [5.74, 6) is -0.200. The maximum absolute atomic E-state index is 12.4. The molecule has 0 aromatic heterocycles. The summed E-state index contributed by atoms with van der Waals surface area (Å²) < 4.78 is 12.4. The first-order valence-electron chi connectivity index (χ1n) is 6.44. The van der Waals surface area contributed by atoms with E-state index in [9.17, 15) is 9.00 Å². The molecule has 0 radical (unpaired) electrons. The number of carbonyl (C=O) groups is 1. The SMILES string of the molecule is CCC(C)NC(=O)C(C)S(=O)c1cccc(C)c1N. The number of rotatable bonds is 5.